The van der Waals surface area contributed by atoms with Crippen LogP contribution in [0.2, 0.25) is 0 Å². The first-order valence-electron chi connectivity index (χ1n) is 15.4. The number of pyridine rings is 2. The molecule has 0 radical (unpaired) electrons. The Morgan fingerprint density at radius 1 is 0.605 bits per heavy atom. The number of para-hydroxylation sites is 2. The molecule has 4 nitrogen and oxygen atoms in total. The number of nitrogens with zero attached hydrogens (tertiary/aromatic N) is 4. The van der Waals surface area contributed by atoms with Crippen LogP contribution in [0.4, 0.5) is 17.2 Å². The fourth-order valence-corrected chi connectivity index (χ4v) is 9.78. The SMILES string of the molecule is CC1(C)c2ccccc2N2c3c1ccc1c3C34c5c(cccc5-n5c6ccccc6c6ccc([n+]3c65)-c3cccc2[n+]34)C1. The van der Waals surface area contributed by atoms with Crippen LogP contribution < -0.4 is 14.0 Å². The zero-order valence-corrected chi connectivity index (χ0v) is 23.9. The van der Waals surface area contributed by atoms with Gasteiger partial charge in [0.05, 0.1) is 5.39 Å². The van der Waals surface area contributed by atoms with E-state index in [1.807, 2.05) is 0 Å². The Kier molecular flexibility index (Phi) is 3.20. The van der Waals surface area contributed by atoms with E-state index in [2.05, 4.69) is 142 Å². The van der Waals surface area contributed by atoms with Crippen molar-refractivity contribution in [1.82, 2.24) is 4.57 Å². The summed E-state index contributed by atoms with van der Waals surface area (Å²) in [5.74, 6) is 1.23. The standard InChI is InChI=1S/C39H26N4/c1-38(2)26-11-4-6-13-29(26)41-33-16-8-14-30-31-20-18-25-24-10-3-5-12-28(24)40-32-15-7-9-22-21-23-17-19-27(38)36(41)35(23)39(34(22)32,42(30)33)43(31)37(25)40/h3-20H,21H2,1-2H3/q+2. The van der Waals surface area contributed by atoms with E-state index in [1.54, 1.807) is 0 Å². The summed E-state index contributed by atoms with van der Waals surface area (Å²) in [5.41, 5.74) is 17.0. The average molecular weight is 551 g/mol. The molecule has 0 N–H and O–H groups in total. The Morgan fingerprint density at radius 2 is 1.40 bits per heavy atom. The van der Waals surface area contributed by atoms with Crippen LogP contribution in [0.25, 0.3) is 39.0 Å². The van der Waals surface area contributed by atoms with E-state index in [1.165, 1.54) is 89.6 Å². The molecule has 1 aliphatic carbocycles. The molecule has 1 atom stereocenters. The molecule has 0 amide bonds. The molecule has 1 spiro atoms. The summed E-state index contributed by atoms with van der Waals surface area (Å²) in [5, 5.41) is 2.62. The molecular formula is C39H26N4+2. The normalized spacial score (nSPS) is 19.5. The molecular weight excluding hydrogens is 524 g/mol. The maximum Gasteiger partial charge on any atom is 0.316 e. The number of hydrogen-bond acceptors (Lipinski definition) is 1. The van der Waals surface area contributed by atoms with E-state index in [0.29, 0.717) is 0 Å². The van der Waals surface area contributed by atoms with Gasteiger partial charge in [0.2, 0.25) is 0 Å². The zero-order valence-electron chi connectivity index (χ0n) is 23.9. The minimum absolute atomic E-state index is 0.130. The summed E-state index contributed by atoms with van der Waals surface area (Å²) in [6.07, 6.45) is 0.932. The molecule has 7 heterocycles. The molecule has 0 saturated heterocycles. The molecule has 43 heavy (non-hydrogen) atoms. The lowest BCUT2D eigenvalue weighted by atomic mass is 9.67. The third kappa shape index (κ3) is 1.96. The van der Waals surface area contributed by atoms with Crippen LogP contribution in [-0.2, 0) is 17.5 Å². The number of aromatic nitrogens is 3. The van der Waals surface area contributed by atoms with Crippen molar-refractivity contribution in [3.63, 3.8) is 0 Å². The highest BCUT2D eigenvalue weighted by Crippen LogP contribution is 2.61. The first-order chi connectivity index (χ1) is 21.1. The molecule has 0 saturated carbocycles. The van der Waals surface area contributed by atoms with E-state index in [9.17, 15) is 0 Å². The molecule has 3 aromatic heterocycles. The lowest BCUT2D eigenvalue weighted by Crippen LogP contribution is -2.76. The third-order valence-electron chi connectivity index (χ3n) is 11.3. The van der Waals surface area contributed by atoms with Gasteiger partial charge in [-0.2, -0.15) is 18.6 Å². The quantitative estimate of drug-likeness (QED) is 0.181. The van der Waals surface area contributed by atoms with Crippen LogP contribution in [0.3, 0.4) is 0 Å². The lowest BCUT2D eigenvalue weighted by molar-refractivity contribution is -0.925. The number of fused-ring (bicyclic) bond motifs is 8. The summed E-state index contributed by atoms with van der Waals surface area (Å²) in [7, 11) is 0. The van der Waals surface area contributed by atoms with Gasteiger partial charge in [-0.25, -0.2) is 0 Å². The van der Waals surface area contributed by atoms with Gasteiger partial charge in [0.1, 0.15) is 33.7 Å². The van der Waals surface area contributed by atoms with Crippen molar-refractivity contribution in [3.05, 3.63) is 143 Å². The maximum absolute atomic E-state index is 2.72. The van der Waals surface area contributed by atoms with Gasteiger partial charge in [-0.3, -0.25) is 0 Å². The highest BCUT2D eigenvalue weighted by atomic mass is 15.4. The summed E-state index contributed by atoms with van der Waals surface area (Å²) < 4.78 is 7.96. The number of rotatable bonds is 0. The summed E-state index contributed by atoms with van der Waals surface area (Å²) in [6.45, 7) is 4.82. The third-order valence-corrected chi connectivity index (χ3v) is 11.3. The largest absolute Gasteiger partial charge is 0.316 e. The van der Waals surface area contributed by atoms with Gasteiger partial charge in [0.25, 0.3) is 11.5 Å². The molecule has 12 rings (SSSR count). The van der Waals surface area contributed by atoms with Gasteiger partial charge >= 0.3 is 5.66 Å². The van der Waals surface area contributed by atoms with Crippen molar-refractivity contribution in [2.24, 2.45) is 0 Å². The highest BCUT2D eigenvalue weighted by Gasteiger charge is 2.69. The number of benzene rings is 4. The second-order valence-corrected chi connectivity index (χ2v) is 13.4. The van der Waals surface area contributed by atoms with Crippen molar-refractivity contribution >= 4 is 39.1 Å². The van der Waals surface area contributed by atoms with E-state index in [0.717, 1.165) is 6.42 Å². The summed E-state index contributed by atoms with van der Waals surface area (Å²) >= 11 is 0. The van der Waals surface area contributed by atoms with Gasteiger partial charge in [0.15, 0.2) is 11.4 Å². The Balaban J connectivity index is 1.40. The Morgan fingerprint density at radius 3 is 2.35 bits per heavy atom. The van der Waals surface area contributed by atoms with Crippen LogP contribution in [-0.4, -0.2) is 4.57 Å². The summed E-state index contributed by atoms with van der Waals surface area (Å²) in [4.78, 5) is 2.59. The molecule has 1 unspecified atom stereocenters. The Hall–Kier alpha value is -5.22. The van der Waals surface area contributed by atoms with Gasteiger partial charge < -0.3 is 0 Å². The first-order valence-corrected chi connectivity index (χ1v) is 15.4. The van der Waals surface area contributed by atoms with Crippen LogP contribution in [0.1, 0.15) is 47.2 Å². The average Bonchev–Trinajstić information content (AvgIpc) is 3.53. The van der Waals surface area contributed by atoms with Crippen LogP contribution in [0.15, 0.2) is 109 Å². The number of hydrogen-bond donors (Lipinski definition) is 0. The molecule has 0 bridgehead atoms. The second-order valence-electron chi connectivity index (χ2n) is 13.4. The molecule has 5 aliphatic rings. The smallest absolute Gasteiger partial charge is 0.192 e. The lowest BCUT2D eigenvalue weighted by Gasteiger charge is -2.46. The molecule has 0 fully saturated rings. The maximum atomic E-state index is 2.72. The topological polar surface area (TPSA) is 15.9 Å². The van der Waals surface area contributed by atoms with Crippen molar-refractivity contribution < 1.29 is 9.13 Å². The fourth-order valence-electron chi connectivity index (χ4n) is 9.78. The van der Waals surface area contributed by atoms with E-state index in [4.69, 9.17) is 0 Å². The van der Waals surface area contributed by atoms with Crippen LogP contribution in [0, 0.1) is 0 Å². The van der Waals surface area contributed by atoms with Crippen molar-refractivity contribution in [2.75, 3.05) is 4.90 Å². The molecule has 4 aromatic carbocycles. The second kappa shape index (κ2) is 6.40. The molecule has 7 aromatic rings. The minimum Gasteiger partial charge on any atom is -0.192 e. The fraction of sp³-hybridized carbons (Fsp3) is 0.128. The van der Waals surface area contributed by atoms with E-state index >= 15 is 0 Å². The monoisotopic (exact) mass is 550 g/mol. The van der Waals surface area contributed by atoms with Crippen LogP contribution in [0.5, 0.6) is 0 Å². The predicted octanol–water partition coefficient (Wildman–Crippen LogP) is 7.28. The van der Waals surface area contributed by atoms with E-state index in [-0.39, 0.29) is 5.41 Å². The van der Waals surface area contributed by atoms with Gasteiger partial charge in [0, 0.05) is 28.0 Å². The zero-order chi connectivity index (χ0) is 28.0. The van der Waals surface area contributed by atoms with Crippen molar-refractivity contribution in [3.8, 4) is 17.1 Å². The van der Waals surface area contributed by atoms with Crippen molar-refractivity contribution in [1.29, 1.82) is 0 Å². The Bertz CT molecular complexity index is 2530. The summed E-state index contributed by atoms with van der Waals surface area (Å²) in [6, 6.07) is 41.6. The highest BCUT2D eigenvalue weighted by molar-refractivity contribution is 6.08. The number of anilines is 3. The Labute approximate surface area is 248 Å². The van der Waals surface area contributed by atoms with Gasteiger partial charge in [-0.1, -0.05) is 68.4 Å². The van der Waals surface area contributed by atoms with Gasteiger partial charge in [-0.05, 0) is 66.1 Å². The van der Waals surface area contributed by atoms with Crippen molar-refractivity contribution in [2.45, 2.75) is 31.3 Å². The predicted molar refractivity (Wildman–Crippen MR) is 168 cm³/mol. The van der Waals surface area contributed by atoms with E-state index < -0.39 is 5.66 Å². The molecule has 4 heteroatoms. The molecule has 200 valence electrons. The molecule has 4 aliphatic heterocycles. The minimum atomic E-state index is -0.505. The first kappa shape index (κ1) is 21.5. The van der Waals surface area contributed by atoms with Gasteiger partial charge in [-0.15, -0.1) is 0 Å². The van der Waals surface area contributed by atoms with Crippen LogP contribution >= 0.6 is 0 Å².